The van der Waals surface area contributed by atoms with Crippen LogP contribution in [0.4, 0.5) is 5.69 Å². The van der Waals surface area contributed by atoms with Crippen LogP contribution < -0.4 is 5.32 Å². The average Bonchev–Trinajstić information content (AvgIpc) is 2.86. The monoisotopic (exact) mass is 244 g/mol. The highest BCUT2D eigenvalue weighted by atomic mass is 35.5. The zero-order valence-corrected chi connectivity index (χ0v) is 9.58. The van der Waals surface area contributed by atoms with Crippen LogP contribution in [0.15, 0.2) is 42.1 Å². The Morgan fingerprint density at radius 2 is 1.94 bits per heavy atom. The maximum Gasteiger partial charge on any atom is 0.211 e. The van der Waals surface area contributed by atoms with Gasteiger partial charge in [-0.3, -0.25) is 4.79 Å². The number of hydrogen-bond acceptors (Lipinski definition) is 2. The summed E-state index contributed by atoms with van der Waals surface area (Å²) < 4.78 is 0. The third kappa shape index (κ3) is 1.74. The van der Waals surface area contributed by atoms with Crippen LogP contribution in [-0.4, -0.2) is 10.8 Å². The number of nitrogens with one attached hydrogen (secondary N) is 2. The van der Waals surface area contributed by atoms with Gasteiger partial charge in [0.25, 0.3) is 0 Å². The standard InChI is InChI=1S/C13H9ClN2O/c14-12-6-5-8(15-12)7-11-13(17)9-3-1-2-4-10(9)16-11/h1-7,15-16H. The van der Waals surface area contributed by atoms with Crippen molar-refractivity contribution >= 4 is 29.1 Å². The van der Waals surface area contributed by atoms with Crippen LogP contribution in [-0.2, 0) is 0 Å². The zero-order valence-electron chi connectivity index (χ0n) is 8.83. The maximum atomic E-state index is 12.0. The second-order valence-corrected chi connectivity index (χ2v) is 4.23. The topological polar surface area (TPSA) is 44.9 Å². The van der Waals surface area contributed by atoms with Gasteiger partial charge >= 0.3 is 0 Å². The summed E-state index contributed by atoms with van der Waals surface area (Å²) in [7, 11) is 0. The van der Waals surface area contributed by atoms with Gasteiger partial charge in [-0.15, -0.1) is 0 Å². The van der Waals surface area contributed by atoms with E-state index >= 15 is 0 Å². The Bertz CT molecular complexity index is 628. The first-order valence-electron chi connectivity index (χ1n) is 5.21. The number of aromatic amines is 1. The number of halogens is 1. The predicted molar refractivity (Wildman–Crippen MR) is 68.2 cm³/mol. The van der Waals surface area contributed by atoms with Crippen molar-refractivity contribution in [3.05, 3.63) is 58.5 Å². The number of rotatable bonds is 1. The van der Waals surface area contributed by atoms with Gasteiger partial charge in [0.1, 0.15) is 5.15 Å². The Morgan fingerprint density at radius 3 is 2.65 bits per heavy atom. The summed E-state index contributed by atoms with van der Waals surface area (Å²) in [5.74, 6) is 0.00585. The fourth-order valence-electron chi connectivity index (χ4n) is 1.86. The molecule has 2 heterocycles. The Hall–Kier alpha value is -2.00. The number of para-hydroxylation sites is 1. The molecule has 1 aliphatic rings. The first-order chi connectivity index (χ1) is 8.24. The van der Waals surface area contributed by atoms with E-state index in [2.05, 4.69) is 10.3 Å². The number of aromatic nitrogens is 1. The molecule has 0 spiro atoms. The highest BCUT2D eigenvalue weighted by Crippen LogP contribution is 2.28. The molecule has 2 aromatic rings. The SMILES string of the molecule is O=C1C(=Cc2ccc(Cl)[nH]2)Nc2ccccc21. The number of H-pyrrole nitrogens is 1. The molecular weight excluding hydrogens is 236 g/mol. The molecule has 1 aromatic heterocycles. The van der Waals surface area contributed by atoms with Crippen LogP contribution in [0.2, 0.25) is 5.15 Å². The van der Waals surface area contributed by atoms with Gasteiger partial charge in [-0.25, -0.2) is 0 Å². The lowest BCUT2D eigenvalue weighted by molar-refractivity contribution is 0.104. The summed E-state index contributed by atoms with van der Waals surface area (Å²) in [5.41, 5.74) is 2.92. The van der Waals surface area contributed by atoms with Crippen LogP contribution in [0.5, 0.6) is 0 Å². The molecule has 0 saturated carbocycles. The normalized spacial score (nSPS) is 16.1. The highest BCUT2D eigenvalue weighted by molar-refractivity contribution is 6.29. The van der Waals surface area contributed by atoms with E-state index < -0.39 is 0 Å². The van der Waals surface area contributed by atoms with Crippen molar-refractivity contribution in [2.24, 2.45) is 0 Å². The van der Waals surface area contributed by atoms with E-state index in [-0.39, 0.29) is 5.78 Å². The molecule has 0 amide bonds. The Kier molecular flexibility index (Phi) is 2.27. The molecule has 1 aromatic carbocycles. The van der Waals surface area contributed by atoms with Gasteiger partial charge in [-0.2, -0.15) is 0 Å². The fraction of sp³-hybridized carbons (Fsp3) is 0. The van der Waals surface area contributed by atoms with E-state index in [1.54, 1.807) is 12.1 Å². The van der Waals surface area contributed by atoms with Crippen molar-refractivity contribution in [1.82, 2.24) is 4.98 Å². The van der Waals surface area contributed by atoms with Gasteiger partial charge in [0, 0.05) is 16.9 Å². The molecule has 0 atom stereocenters. The van der Waals surface area contributed by atoms with Crippen LogP contribution in [0.25, 0.3) is 6.08 Å². The predicted octanol–water partition coefficient (Wildman–Crippen LogP) is 3.32. The van der Waals surface area contributed by atoms with Crippen molar-refractivity contribution in [3.8, 4) is 0 Å². The molecule has 0 aliphatic carbocycles. The van der Waals surface area contributed by atoms with E-state index in [0.717, 1.165) is 11.4 Å². The van der Waals surface area contributed by atoms with E-state index in [9.17, 15) is 4.79 Å². The first kappa shape index (κ1) is 10.2. The van der Waals surface area contributed by atoms with Crippen LogP contribution in [0, 0.1) is 0 Å². The van der Waals surface area contributed by atoms with E-state index in [0.29, 0.717) is 16.4 Å². The van der Waals surface area contributed by atoms with Gasteiger partial charge < -0.3 is 10.3 Å². The zero-order chi connectivity index (χ0) is 11.8. The van der Waals surface area contributed by atoms with Crippen LogP contribution in [0.3, 0.4) is 0 Å². The van der Waals surface area contributed by atoms with Crippen molar-refractivity contribution in [2.75, 3.05) is 5.32 Å². The maximum absolute atomic E-state index is 12.0. The second-order valence-electron chi connectivity index (χ2n) is 3.82. The third-order valence-electron chi connectivity index (χ3n) is 2.66. The van der Waals surface area contributed by atoms with Gasteiger partial charge in [-0.1, -0.05) is 23.7 Å². The molecule has 0 unspecified atom stereocenters. The second kappa shape index (κ2) is 3.79. The van der Waals surface area contributed by atoms with E-state index in [4.69, 9.17) is 11.6 Å². The molecule has 4 heteroatoms. The Labute approximate surface area is 103 Å². The third-order valence-corrected chi connectivity index (χ3v) is 2.88. The molecule has 17 heavy (non-hydrogen) atoms. The number of carbonyl (C=O) groups excluding carboxylic acids is 1. The summed E-state index contributed by atoms with van der Waals surface area (Å²) in [6.07, 6.45) is 1.76. The summed E-state index contributed by atoms with van der Waals surface area (Å²) in [4.78, 5) is 15.0. The van der Waals surface area contributed by atoms with Crippen LogP contribution >= 0.6 is 11.6 Å². The van der Waals surface area contributed by atoms with Crippen LogP contribution in [0.1, 0.15) is 16.1 Å². The summed E-state index contributed by atoms with van der Waals surface area (Å²) in [6.45, 7) is 0. The number of hydrogen-bond donors (Lipinski definition) is 2. The fourth-order valence-corrected chi connectivity index (χ4v) is 2.03. The molecule has 0 fully saturated rings. The number of allylic oxidation sites excluding steroid dienone is 1. The molecule has 0 radical (unpaired) electrons. The number of benzene rings is 1. The smallest absolute Gasteiger partial charge is 0.211 e. The Morgan fingerprint density at radius 1 is 1.12 bits per heavy atom. The average molecular weight is 245 g/mol. The molecule has 3 nitrogen and oxygen atoms in total. The minimum Gasteiger partial charge on any atom is -0.352 e. The molecule has 2 N–H and O–H groups in total. The lowest BCUT2D eigenvalue weighted by Crippen LogP contribution is -1.99. The minimum atomic E-state index is 0.00585. The summed E-state index contributed by atoms with van der Waals surface area (Å²) in [6, 6.07) is 11.0. The van der Waals surface area contributed by atoms with Gasteiger partial charge in [0.2, 0.25) is 5.78 Å². The van der Waals surface area contributed by atoms with E-state index in [1.807, 2.05) is 30.3 Å². The van der Waals surface area contributed by atoms with Gasteiger partial charge in [0.05, 0.1) is 5.70 Å². The minimum absolute atomic E-state index is 0.00585. The summed E-state index contributed by atoms with van der Waals surface area (Å²) in [5, 5.41) is 3.65. The molecule has 3 rings (SSSR count). The lowest BCUT2D eigenvalue weighted by atomic mass is 10.1. The van der Waals surface area contributed by atoms with E-state index in [1.165, 1.54) is 0 Å². The molecule has 84 valence electrons. The first-order valence-corrected chi connectivity index (χ1v) is 5.59. The quantitative estimate of drug-likeness (QED) is 0.756. The number of anilines is 1. The largest absolute Gasteiger partial charge is 0.352 e. The molecule has 0 saturated heterocycles. The lowest BCUT2D eigenvalue weighted by Gasteiger charge is -1.96. The highest BCUT2D eigenvalue weighted by Gasteiger charge is 2.23. The van der Waals surface area contributed by atoms with Gasteiger partial charge in [-0.05, 0) is 30.3 Å². The van der Waals surface area contributed by atoms with Crippen molar-refractivity contribution < 1.29 is 4.79 Å². The number of ketones is 1. The molecular formula is C13H9ClN2O. The number of carbonyl (C=O) groups is 1. The van der Waals surface area contributed by atoms with Gasteiger partial charge in [0.15, 0.2) is 0 Å². The van der Waals surface area contributed by atoms with Crippen molar-refractivity contribution in [2.45, 2.75) is 0 Å². The number of Topliss-reactive ketones (excluding diaryl/α,β-unsaturated/α-hetero) is 1. The van der Waals surface area contributed by atoms with Crippen molar-refractivity contribution in [1.29, 1.82) is 0 Å². The molecule has 1 aliphatic heterocycles. The molecule has 0 bridgehead atoms. The Balaban J connectivity index is 1.99. The summed E-state index contributed by atoms with van der Waals surface area (Å²) >= 11 is 5.78. The van der Waals surface area contributed by atoms with Crippen molar-refractivity contribution in [3.63, 3.8) is 0 Å². The number of fused-ring (bicyclic) bond motifs is 1.